The molecule has 5 heteroatoms. The molecule has 5 heavy (non-hydrogen) atoms. The smallest absolute Gasteiger partial charge is 1.00 e. The fraction of sp³-hybridized carbons (Fsp3) is 0. The second-order valence-corrected chi connectivity index (χ2v) is 0. The summed E-state index contributed by atoms with van der Waals surface area (Å²) in [5.41, 5.74) is 0. The Balaban J connectivity index is 0. The van der Waals surface area contributed by atoms with E-state index in [0.29, 0.717) is 0 Å². The second kappa shape index (κ2) is 30.2. The van der Waals surface area contributed by atoms with Gasteiger partial charge in [0.2, 0.25) is 0 Å². The molecule has 0 bridgehead atoms. The van der Waals surface area contributed by atoms with Gasteiger partial charge >= 0.3 is 37.7 Å². The average Bonchev–Trinajstić information content (AvgIpc) is 0. The van der Waals surface area contributed by atoms with E-state index in [1.807, 2.05) is 0 Å². The summed E-state index contributed by atoms with van der Waals surface area (Å²) in [5, 5.41) is 0. The third kappa shape index (κ3) is 20.4. The maximum atomic E-state index is 0. The zero-order chi connectivity index (χ0) is 0. The van der Waals surface area contributed by atoms with Crippen molar-refractivity contribution in [2.45, 2.75) is 0 Å². The maximum Gasteiger partial charge on any atom is 3.00 e. The predicted molar refractivity (Wildman–Crippen MR) is 3.61 cm³/mol. The Bertz CT molecular complexity index is 6.85. The molecule has 40 valence electrons. The molecule has 2 N–H and O–H groups in total. The van der Waals surface area contributed by atoms with Gasteiger partial charge in [0.15, 0.2) is 0 Å². The summed E-state index contributed by atoms with van der Waals surface area (Å²) in [6.45, 7) is 0. The van der Waals surface area contributed by atoms with Crippen molar-refractivity contribution in [1.29, 1.82) is 0 Å². The van der Waals surface area contributed by atoms with Crippen molar-refractivity contribution in [3.8, 4) is 0 Å². The largest absolute Gasteiger partial charge is 3.00 e. The molecule has 0 saturated heterocycles. The second-order valence-electron chi connectivity index (χ2n) is 0. The van der Waals surface area contributed by atoms with Gasteiger partial charge in [-0.2, -0.15) is 0 Å². The number of rotatable bonds is 0. The molecule has 0 amide bonds. The molecule has 0 aromatic heterocycles. The summed E-state index contributed by atoms with van der Waals surface area (Å²) in [5.74, 6) is 0. The van der Waals surface area contributed by atoms with Crippen molar-refractivity contribution in [3.63, 3.8) is 0 Å². The molecule has 0 atom stereocenters. The summed E-state index contributed by atoms with van der Waals surface area (Å²) in [4.78, 5) is 0. The molecule has 0 radical (unpaired) electrons. The van der Waals surface area contributed by atoms with E-state index < -0.39 is 0 Å². The van der Waals surface area contributed by atoms with E-state index in [1.165, 1.54) is 0 Å². The van der Waals surface area contributed by atoms with Gasteiger partial charge in [0, 0.05) is 0 Å². The van der Waals surface area contributed by atoms with E-state index in [2.05, 4.69) is 0 Å². The van der Waals surface area contributed by atoms with Gasteiger partial charge in [-0.05, 0) is 0 Å². The van der Waals surface area contributed by atoms with Crippen LogP contribution in [0.2, 0.25) is 0 Å². The van der Waals surface area contributed by atoms with Gasteiger partial charge in [0.25, 0.3) is 0 Å². The molecule has 0 aromatic carbocycles. The Kier molecular flexibility index (Phi) is 290. The van der Waals surface area contributed by atoms with Crippen LogP contribution in [-0.4, -0.2) is 5.48 Å². The maximum absolute atomic E-state index is 0. The van der Waals surface area contributed by atoms with Gasteiger partial charge < -0.3 is 56.4 Å². The standard InChI is InChI=1S/3BrH.Ho.H2O/h3*1H;;1H2/q;;;+3;/p-3. The van der Waals surface area contributed by atoms with Crippen LogP contribution in [0.15, 0.2) is 0 Å². The molecule has 0 aromatic rings. The molecule has 0 aliphatic heterocycles. The predicted octanol–water partition coefficient (Wildman–Crippen LogP) is -9.81. The Labute approximate surface area is 92.5 Å². The normalized spacial score (nSPS) is 0. The summed E-state index contributed by atoms with van der Waals surface area (Å²) in [7, 11) is 0. The van der Waals surface area contributed by atoms with Crippen LogP contribution >= 0.6 is 0 Å². The summed E-state index contributed by atoms with van der Waals surface area (Å²) in [6, 6.07) is 0. The SMILES string of the molecule is O.[Br-].[Br-].[Br-].[Ho+3]. The fourth-order valence-electron chi connectivity index (χ4n) is 0. The van der Waals surface area contributed by atoms with Crippen LogP contribution in [0.4, 0.5) is 0 Å². The number of hydrogen-bond donors (Lipinski definition) is 0. The first-order valence-corrected chi connectivity index (χ1v) is 0. The number of hydrogen-bond acceptors (Lipinski definition) is 0. The van der Waals surface area contributed by atoms with Crippen LogP contribution in [0.1, 0.15) is 0 Å². The molecule has 0 aliphatic rings. The zero-order valence-corrected chi connectivity index (χ0v) is 8.63. The molecular formula is H2Br3HoO. The Morgan fingerprint density at radius 2 is 0.600 bits per heavy atom. The molecule has 0 unspecified atom stereocenters. The van der Waals surface area contributed by atoms with Crippen LogP contribution in [0.3, 0.4) is 0 Å². The van der Waals surface area contributed by atoms with Crippen molar-refractivity contribution in [2.75, 3.05) is 0 Å². The third-order valence-electron chi connectivity index (χ3n) is 0. The molecule has 1 nitrogen and oxygen atoms in total. The van der Waals surface area contributed by atoms with E-state index in [1.54, 1.807) is 0 Å². The minimum Gasteiger partial charge on any atom is -1.00 e. The van der Waals surface area contributed by atoms with Gasteiger partial charge in [-0.1, -0.05) is 0 Å². The first-order valence-electron chi connectivity index (χ1n) is 0. The van der Waals surface area contributed by atoms with Crippen molar-refractivity contribution >= 4 is 0 Å². The fourth-order valence-corrected chi connectivity index (χ4v) is 0. The van der Waals surface area contributed by atoms with Crippen molar-refractivity contribution in [1.82, 2.24) is 0 Å². The van der Waals surface area contributed by atoms with Crippen LogP contribution in [-0.2, 0) is 0 Å². The van der Waals surface area contributed by atoms with Gasteiger partial charge in [-0.3, -0.25) is 0 Å². The summed E-state index contributed by atoms with van der Waals surface area (Å²) in [6.07, 6.45) is 0. The van der Waals surface area contributed by atoms with Gasteiger partial charge in [0.1, 0.15) is 0 Å². The minimum atomic E-state index is 0. The third-order valence-corrected chi connectivity index (χ3v) is 0. The number of halogens is 3. The van der Waals surface area contributed by atoms with E-state index in [0.717, 1.165) is 0 Å². The molecule has 0 fully saturated rings. The Hall–Kier alpha value is 2.66. The van der Waals surface area contributed by atoms with E-state index >= 15 is 0 Å². The zero-order valence-electron chi connectivity index (χ0n) is 1.94. The van der Waals surface area contributed by atoms with Crippen molar-refractivity contribution in [3.05, 3.63) is 0 Å². The average molecular weight is 423 g/mol. The monoisotopic (exact) mass is 420 g/mol. The first-order chi connectivity index (χ1) is 0. The van der Waals surface area contributed by atoms with Crippen molar-refractivity contribution < 1.29 is 94.2 Å². The topological polar surface area (TPSA) is 31.5 Å². The van der Waals surface area contributed by atoms with E-state index in [-0.39, 0.29) is 94.2 Å². The summed E-state index contributed by atoms with van der Waals surface area (Å²) < 4.78 is 0. The minimum absolute atomic E-state index is 0. The molecule has 0 saturated carbocycles. The molecular weight excluding hydrogens is 421 g/mol. The van der Waals surface area contributed by atoms with Crippen molar-refractivity contribution in [2.24, 2.45) is 0 Å². The first kappa shape index (κ1) is 48.0. The molecule has 0 heterocycles. The quantitative estimate of drug-likeness (QED) is 0.348. The van der Waals surface area contributed by atoms with Crippen LogP contribution < -0.4 is 50.9 Å². The van der Waals surface area contributed by atoms with Gasteiger partial charge in [-0.15, -0.1) is 0 Å². The van der Waals surface area contributed by atoms with E-state index in [4.69, 9.17) is 0 Å². The van der Waals surface area contributed by atoms with Crippen LogP contribution in [0, 0.1) is 37.7 Å². The molecule has 0 spiro atoms. The van der Waals surface area contributed by atoms with Crippen LogP contribution in [0.5, 0.6) is 0 Å². The van der Waals surface area contributed by atoms with Gasteiger partial charge in [0.05, 0.1) is 0 Å². The molecule has 0 aliphatic carbocycles. The Morgan fingerprint density at radius 3 is 0.600 bits per heavy atom. The van der Waals surface area contributed by atoms with Crippen LogP contribution in [0.25, 0.3) is 0 Å². The van der Waals surface area contributed by atoms with Gasteiger partial charge in [-0.25, -0.2) is 0 Å². The molecule has 0 rings (SSSR count). The van der Waals surface area contributed by atoms with E-state index in [9.17, 15) is 0 Å². The summed E-state index contributed by atoms with van der Waals surface area (Å²) >= 11 is 0. The Morgan fingerprint density at radius 1 is 0.600 bits per heavy atom.